The van der Waals surface area contributed by atoms with Gasteiger partial charge >= 0.3 is 5.97 Å². The predicted molar refractivity (Wildman–Crippen MR) is 64.0 cm³/mol. The van der Waals surface area contributed by atoms with Crippen LogP contribution in [-0.2, 0) is 4.79 Å². The average molecular weight is 211 g/mol. The van der Waals surface area contributed by atoms with Crippen LogP contribution in [0.2, 0.25) is 5.31 Å². The first kappa shape index (κ1) is 12.6. The number of nitrogens with one attached hydrogen (secondary N) is 1. The van der Waals surface area contributed by atoms with Crippen LogP contribution in [0.4, 0.5) is 0 Å². The molecular weight excluding hydrogens is 189 g/mol. The Kier molecular flexibility index (Phi) is 4.64. The van der Waals surface area contributed by atoms with Gasteiger partial charge in [0.2, 0.25) is 0 Å². The fraction of sp³-hybridized carbons (Fsp3) is 0.909. The molecule has 1 saturated heterocycles. The molecule has 86 valence electrons. The summed E-state index contributed by atoms with van der Waals surface area (Å²) in [5, 5.41) is 12.2. The topological polar surface area (TPSA) is 49.3 Å². The molecule has 0 spiro atoms. The first-order chi connectivity index (χ1) is 7.11. The van der Waals surface area contributed by atoms with E-state index < -0.39 is 11.3 Å². The Morgan fingerprint density at radius 2 is 2.13 bits per heavy atom. The van der Waals surface area contributed by atoms with Gasteiger partial charge in [0.15, 0.2) is 0 Å². The van der Waals surface area contributed by atoms with Gasteiger partial charge in [-0.2, -0.15) is 0 Å². The second-order valence-corrected chi connectivity index (χ2v) is 4.85. The van der Waals surface area contributed by atoms with Crippen molar-refractivity contribution in [1.29, 1.82) is 0 Å². The van der Waals surface area contributed by atoms with Gasteiger partial charge in [-0.05, 0) is 38.3 Å². The molecular formula is C11H22BNO2. The molecule has 0 aromatic carbocycles. The van der Waals surface area contributed by atoms with Crippen molar-refractivity contribution < 1.29 is 9.90 Å². The summed E-state index contributed by atoms with van der Waals surface area (Å²) in [5.41, 5.74) is 0. The Hall–Kier alpha value is -0.505. The van der Waals surface area contributed by atoms with Crippen LogP contribution >= 0.6 is 0 Å². The van der Waals surface area contributed by atoms with E-state index in [1.54, 1.807) is 0 Å². The molecule has 0 aliphatic carbocycles. The van der Waals surface area contributed by atoms with Crippen molar-refractivity contribution in [2.45, 2.75) is 44.3 Å². The van der Waals surface area contributed by atoms with E-state index in [9.17, 15) is 9.90 Å². The zero-order valence-electron chi connectivity index (χ0n) is 9.88. The largest absolute Gasteiger partial charge is 0.481 e. The van der Waals surface area contributed by atoms with Crippen molar-refractivity contribution >= 4 is 13.8 Å². The van der Waals surface area contributed by atoms with Crippen LogP contribution in [-0.4, -0.2) is 32.0 Å². The Morgan fingerprint density at radius 1 is 1.53 bits per heavy atom. The molecule has 1 atom stereocenters. The number of hydrogen-bond acceptors (Lipinski definition) is 2. The number of carbonyl (C=O) groups is 1. The molecule has 4 heteroatoms. The van der Waals surface area contributed by atoms with Gasteiger partial charge in [0.05, 0.1) is 0 Å². The Bertz CT molecular complexity index is 217. The summed E-state index contributed by atoms with van der Waals surface area (Å²) in [6.45, 7) is 4.06. The minimum atomic E-state index is -0.608. The number of carboxylic acid groups (broad SMARTS) is 1. The van der Waals surface area contributed by atoms with Gasteiger partial charge in [-0.1, -0.05) is 19.8 Å². The monoisotopic (exact) mass is 211 g/mol. The van der Waals surface area contributed by atoms with Gasteiger partial charge in [-0.3, -0.25) is 4.79 Å². The second kappa shape index (κ2) is 5.54. The lowest BCUT2D eigenvalue weighted by atomic mass is 9.56. The third-order valence-corrected chi connectivity index (χ3v) is 3.78. The minimum absolute atomic E-state index is 0.350. The first-order valence-corrected chi connectivity index (χ1v) is 6.05. The molecule has 1 aliphatic heterocycles. The second-order valence-electron chi connectivity index (χ2n) is 4.85. The van der Waals surface area contributed by atoms with Crippen molar-refractivity contribution in [3.05, 3.63) is 0 Å². The first-order valence-electron chi connectivity index (χ1n) is 6.05. The molecule has 0 aromatic rings. The Balaban J connectivity index is 2.65. The summed E-state index contributed by atoms with van der Waals surface area (Å²) in [6, 6.07) is 0. The lowest BCUT2D eigenvalue weighted by Crippen LogP contribution is -2.39. The van der Waals surface area contributed by atoms with Crippen LogP contribution in [0.5, 0.6) is 0 Å². The molecule has 1 unspecified atom stereocenters. The van der Waals surface area contributed by atoms with Gasteiger partial charge in [0.25, 0.3) is 0 Å². The Morgan fingerprint density at radius 3 is 2.60 bits per heavy atom. The third kappa shape index (κ3) is 2.97. The predicted octanol–water partition coefficient (Wildman–Crippen LogP) is 1.05. The van der Waals surface area contributed by atoms with Gasteiger partial charge in [0, 0.05) is 5.31 Å². The van der Waals surface area contributed by atoms with Crippen molar-refractivity contribution in [1.82, 2.24) is 5.32 Å². The molecule has 1 aliphatic rings. The fourth-order valence-electron chi connectivity index (χ4n) is 2.49. The average Bonchev–Trinajstić information content (AvgIpc) is 2.27. The highest BCUT2D eigenvalue weighted by molar-refractivity contribution is 6.26. The van der Waals surface area contributed by atoms with Crippen molar-refractivity contribution in [3.8, 4) is 0 Å². The maximum absolute atomic E-state index is 11.4. The molecule has 0 amide bonds. The normalized spacial score (nSPS) is 22.2. The highest BCUT2D eigenvalue weighted by atomic mass is 16.4. The van der Waals surface area contributed by atoms with E-state index in [2.05, 4.69) is 12.2 Å². The standard InChI is InChI=1S/C11H22BNO2/c1-2-3-6-11(12,10(14)15)9-4-7-13-8-5-9/h9,13H,2-8,12H2,1H3,(H,14,15). The van der Waals surface area contributed by atoms with E-state index >= 15 is 0 Å². The van der Waals surface area contributed by atoms with E-state index in [0.29, 0.717) is 5.92 Å². The van der Waals surface area contributed by atoms with Gasteiger partial charge in [-0.25, -0.2) is 0 Å². The number of piperidine rings is 1. The highest BCUT2D eigenvalue weighted by Crippen LogP contribution is 2.42. The molecule has 1 rings (SSSR count). The number of carboxylic acids is 1. The summed E-state index contributed by atoms with van der Waals surface area (Å²) in [7, 11) is 1.93. The summed E-state index contributed by atoms with van der Waals surface area (Å²) in [5.74, 6) is -0.259. The van der Waals surface area contributed by atoms with Gasteiger partial charge < -0.3 is 10.4 Å². The minimum Gasteiger partial charge on any atom is -0.481 e. The zero-order chi connectivity index (χ0) is 11.3. The molecule has 0 radical (unpaired) electrons. The summed E-state index contributed by atoms with van der Waals surface area (Å²) in [4.78, 5) is 11.4. The highest BCUT2D eigenvalue weighted by Gasteiger charge is 2.40. The van der Waals surface area contributed by atoms with E-state index in [1.807, 2.05) is 7.85 Å². The Labute approximate surface area is 93.0 Å². The van der Waals surface area contributed by atoms with E-state index in [-0.39, 0.29) is 0 Å². The van der Waals surface area contributed by atoms with Gasteiger partial charge in [0.1, 0.15) is 7.85 Å². The maximum Gasteiger partial charge on any atom is 0.301 e. The molecule has 0 saturated carbocycles. The molecule has 1 fully saturated rings. The van der Waals surface area contributed by atoms with Crippen LogP contribution in [0.25, 0.3) is 0 Å². The van der Waals surface area contributed by atoms with E-state index in [1.165, 1.54) is 0 Å². The van der Waals surface area contributed by atoms with Crippen LogP contribution < -0.4 is 5.32 Å². The van der Waals surface area contributed by atoms with Gasteiger partial charge in [-0.15, -0.1) is 0 Å². The van der Waals surface area contributed by atoms with Crippen LogP contribution in [0.1, 0.15) is 39.0 Å². The quantitative estimate of drug-likeness (QED) is 0.668. The molecule has 2 N–H and O–H groups in total. The van der Waals surface area contributed by atoms with Crippen LogP contribution in [0, 0.1) is 5.92 Å². The summed E-state index contributed by atoms with van der Waals surface area (Å²) < 4.78 is 0. The molecule has 3 nitrogen and oxygen atoms in total. The molecule has 15 heavy (non-hydrogen) atoms. The lowest BCUT2D eigenvalue weighted by Gasteiger charge is -2.37. The van der Waals surface area contributed by atoms with E-state index in [4.69, 9.17) is 0 Å². The molecule has 0 aromatic heterocycles. The maximum atomic E-state index is 11.4. The smallest absolute Gasteiger partial charge is 0.301 e. The number of hydrogen-bond donors (Lipinski definition) is 2. The molecule has 1 heterocycles. The van der Waals surface area contributed by atoms with Crippen molar-refractivity contribution in [2.24, 2.45) is 5.92 Å². The van der Waals surface area contributed by atoms with Crippen LogP contribution in [0.15, 0.2) is 0 Å². The van der Waals surface area contributed by atoms with E-state index in [0.717, 1.165) is 45.2 Å². The summed E-state index contributed by atoms with van der Waals surface area (Å²) >= 11 is 0. The number of aliphatic carboxylic acids is 1. The zero-order valence-corrected chi connectivity index (χ0v) is 9.88. The third-order valence-electron chi connectivity index (χ3n) is 3.78. The fourth-order valence-corrected chi connectivity index (χ4v) is 2.49. The lowest BCUT2D eigenvalue weighted by molar-refractivity contribution is -0.143. The van der Waals surface area contributed by atoms with Crippen molar-refractivity contribution in [2.75, 3.05) is 13.1 Å². The van der Waals surface area contributed by atoms with Crippen molar-refractivity contribution in [3.63, 3.8) is 0 Å². The number of rotatable bonds is 5. The molecule has 0 bridgehead atoms. The van der Waals surface area contributed by atoms with Crippen LogP contribution in [0.3, 0.4) is 0 Å². The number of unbranched alkanes of at least 4 members (excludes halogenated alkanes) is 1. The SMILES string of the molecule is BC(CCCC)(C(=O)O)C1CCNCC1. The summed E-state index contributed by atoms with van der Waals surface area (Å²) in [6.07, 6.45) is 4.93.